The number of phenols is 1. The standard InChI is InChI=1S/C46H50N4O5/c1-30-7-20-43(45(52)47-30)50-27-34-25-35(11-18-42(34)46(50)53)49-23-21-48(22-24-49)28-38-15-16-39(55-38)29-54-37-13-8-32(9-14-37)44-40(31-5-3-2-4-6-31)17-10-33-26-36(51)12-19-41(33)44/h2-6,8-9,11-14,18-19,25-26,38-40,43-44,51H,1,7,10,15-17,20-24,27-29H2,(H,47,52)/t38-,39-,40-,43?,44+/m1/s1. The smallest absolute Gasteiger partial charge is 0.255 e. The summed E-state index contributed by atoms with van der Waals surface area (Å²) in [5, 5.41) is 13.0. The second-order valence-corrected chi connectivity index (χ2v) is 16.0. The Bertz CT molecular complexity index is 2060. The van der Waals surface area contributed by atoms with Crippen molar-refractivity contribution < 1.29 is 24.2 Å². The second kappa shape index (κ2) is 15.2. The first kappa shape index (κ1) is 35.6. The molecule has 1 aliphatic carbocycles. The third-order valence-electron chi connectivity index (χ3n) is 12.5. The molecule has 4 aromatic carbocycles. The van der Waals surface area contributed by atoms with E-state index in [-0.39, 0.29) is 29.9 Å². The molecule has 4 aliphatic heterocycles. The van der Waals surface area contributed by atoms with E-state index in [2.05, 4.69) is 94.5 Å². The van der Waals surface area contributed by atoms with Crippen LogP contribution in [0, 0.1) is 0 Å². The zero-order chi connectivity index (χ0) is 37.5. The van der Waals surface area contributed by atoms with Crippen molar-refractivity contribution in [3.63, 3.8) is 0 Å². The van der Waals surface area contributed by atoms with Gasteiger partial charge in [-0.2, -0.15) is 0 Å². The highest BCUT2D eigenvalue weighted by molar-refractivity contribution is 6.01. The van der Waals surface area contributed by atoms with E-state index >= 15 is 0 Å². The van der Waals surface area contributed by atoms with Crippen molar-refractivity contribution in [3.05, 3.63) is 137 Å². The normalized spacial score (nSPS) is 25.5. The summed E-state index contributed by atoms with van der Waals surface area (Å²) < 4.78 is 12.8. The summed E-state index contributed by atoms with van der Waals surface area (Å²) in [6.45, 7) is 9.55. The molecule has 5 aliphatic rings. The first-order chi connectivity index (χ1) is 26.9. The number of ether oxygens (including phenoxy) is 2. The molecule has 5 atom stereocenters. The van der Waals surface area contributed by atoms with Crippen molar-refractivity contribution in [3.8, 4) is 11.5 Å². The maximum absolute atomic E-state index is 13.2. The number of allylic oxidation sites excluding steroid dienone is 1. The molecule has 3 saturated heterocycles. The molecule has 9 heteroatoms. The van der Waals surface area contributed by atoms with Gasteiger partial charge in [0.2, 0.25) is 5.91 Å². The maximum atomic E-state index is 13.2. The van der Waals surface area contributed by atoms with Crippen LogP contribution in [0.15, 0.2) is 103 Å². The largest absolute Gasteiger partial charge is 0.508 e. The zero-order valence-corrected chi connectivity index (χ0v) is 31.4. The first-order valence-corrected chi connectivity index (χ1v) is 20.0. The number of aromatic hydroxyl groups is 1. The van der Waals surface area contributed by atoms with Crippen LogP contribution in [-0.2, 0) is 22.5 Å². The lowest BCUT2D eigenvalue weighted by Gasteiger charge is -2.37. The number of anilines is 1. The van der Waals surface area contributed by atoms with Gasteiger partial charge in [0.05, 0.1) is 12.2 Å². The summed E-state index contributed by atoms with van der Waals surface area (Å²) in [6.07, 6.45) is 5.63. The Labute approximate surface area is 323 Å². The summed E-state index contributed by atoms with van der Waals surface area (Å²) in [6, 6.07) is 31.0. The molecule has 55 heavy (non-hydrogen) atoms. The molecular formula is C46H50N4O5. The summed E-state index contributed by atoms with van der Waals surface area (Å²) in [5.41, 5.74) is 8.71. The molecule has 0 spiro atoms. The molecule has 0 radical (unpaired) electrons. The SMILES string of the molecule is C=C1CCC(N2Cc3cc(N4CCN(C[C@H]5CC[C@H](COc6ccc([C@@H]7c8ccc(O)cc8CC[C@@H]7c7ccccc7)cc6)O5)CC4)ccc3C2=O)C(=O)N1. The molecule has 4 aromatic rings. The number of fused-ring (bicyclic) bond motifs is 2. The molecule has 9 nitrogen and oxygen atoms in total. The minimum atomic E-state index is -0.440. The van der Waals surface area contributed by atoms with E-state index in [0.29, 0.717) is 43.2 Å². The molecule has 2 N–H and O–H groups in total. The second-order valence-electron chi connectivity index (χ2n) is 16.0. The minimum absolute atomic E-state index is 0.0567. The van der Waals surface area contributed by atoms with Crippen LogP contribution in [0.1, 0.15) is 82.1 Å². The van der Waals surface area contributed by atoms with E-state index in [4.69, 9.17) is 9.47 Å². The Kier molecular flexibility index (Phi) is 9.83. The van der Waals surface area contributed by atoms with Crippen molar-refractivity contribution in [2.75, 3.05) is 44.2 Å². The van der Waals surface area contributed by atoms with Gasteiger partial charge in [0, 0.05) is 62.1 Å². The monoisotopic (exact) mass is 738 g/mol. The van der Waals surface area contributed by atoms with E-state index in [1.54, 1.807) is 4.90 Å². The van der Waals surface area contributed by atoms with E-state index < -0.39 is 6.04 Å². The van der Waals surface area contributed by atoms with Crippen molar-refractivity contribution in [2.24, 2.45) is 0 Å². The van der Waals surface area contributed by atoms with Gasteiger partial charge in [-0.05, 0) is 115 Å². The van der Waals surface area contributed by atoms with Crippen molar-refractivity contribution in [1.82, 2.24) is 15.1 Å². The topological polar surface area (TPSA) is 94.6 Å². The fourth-order valence-corrected chi connectivity index (χ4v) is 9.59. The van der Waals surface area contributed by atoms with Crippen LogP contribution < -0.4 is 15.0 Å². The number of piperidine rings is 1. The average molecular weight is 739 g/mol. The lowest BCUT2D eigenvalue weighted by atomic mass is 9.69. The van der Waals surface area contributed by atoms with Gasteiger partial charge in [-0.1, -0.05) is 55.1 Å². The Hall–Kier alpha value is -5.12. The van der Waals surface area contributed by atoms with Gasteiger partial charge in [-0.25, -0.2) is 0 Å². The number of hydrogen-bond donors (Lipinski definition) is 2. The molecule has 0 aromatic heterocycles. The number of benzene rings is 4. The fraction of sp³-hybridized carbons (Fsp3) is 0.391. The quantitative estimate of drug-likeness (QED) is 0.196. The van der Waals surface area contributed by atoms with Crippen LogP contribution in [0.25, 0.3) is 0 Å². The number of carbonyl (C=O) groups is 2. The molecule has 0 saturated carbocycles. The van der Waals surface area contributed by atoms with Gasteiger partial charge in [0.1, 0.15) is 24.1 Å². The molecule has 0 bridgehead atoms. The lowest BCUT2D eigenvalue weighted by Crippen LogP contribution is -2.49. The number of hydrogen-bond acceptors (Lipinski definition) is 7. The van der Waals surface area contributed by atoms with Gasteiger partial charge >= 0.3 is 0 Å². The number of rotatable bonds is 9. The summed E-state index contributed by atoms with van der Waals surface area (Å²) >= 11 is 0. The molecular weight excluding hydrogens is 689 g/mol. The molecule has 3 fully saturated rings. The Morgan fingerprint density at radius 1 is 0.800 bits per heavy atom. The highest BCUT2D eigenvalue weighted by Gasteiger charge is 2.39. The maximum Gasteiger partial charge on any atom is 0.255 e. The van der Waals surface area contributed by atoms with Crippen LogP contribution in [0.5, 0.6) is 11.5 Å². The number of nitrogens with zero attached hydrogens (tertiary/aromatic N) is 3. The van der Waals surface area contributed by atoms with Crippen molar-refractivity contribution in [1.29, 1.82) is 0 Å². The summed E-state index contributed by atoms with van der Waals surface area (Å²) in [4.78, 5) is 32.4. The highest BCUT2D eigenvalue weighted by atomic mass is 16.5. The molecule has 1 unspecified atom stereocenters. The number of aryl methyl sites for hydroxylation is 1. The van der Waals surface area contributed by atoms with E-state index in [0.717, 1.165) is 81.1 Å². The van der Waals surface area contributed by atoms with E-state index in [1.807, 2.05) is 18.2 Å². The number of amides is 2. The third kappa shape index (κ3) is 7.35. The van der Waals surface area contributed by atoms with Gasteiger partial charge in [0.15, 0.2) is 0 Å². The molecule has 2 amide bonds. The van der Waals surface area contributed by atoms with Crippen LogP contribution in [0.4, 0.5) is 5.69 Å². The first-order valence-electron chi connectivity index (χ1n) is 20.0. The van der Waals surface area contributed by atoms with Crippen LogP contribution in [0.3, 0.4) is 0 Å². The predicted molar refractivity (Wildman–Crippen MR) is 213 cm³/mol. The average Bonchev–Trinajstić information content (AvgIpc) is 3.80. The predicted octanol–water partition coefficient (Wildman–Crippen LogP) is 6.75. The number of carbonyl (C=O) groups excluding carboxylic acids is 2. The Morgan fingerprint density at radius 3 is 2.40 bits per heavy atom. The van der Waals surface area contributed by atoms with Crippen LogP contribution in [-0.4, -0.2) is 84.3 Å². The van der Waals surface area contributed by atoms with Gasteiger partial charge < -0.3 is 29.7 Å². The van der Waals surface area contributed by atoms with Crippen molar-refractivity contribution >= 4 is 17.5 Å². The van der Waals surface area contributed by atoms with E-state index in [9.17, 15) is 14.7 Å². The zero-order valence-electron chi connectivity index (χ0n) is 31.4. The van der Waals surface area contributed by atoms with Gasteiger partial charge in [-0.15, -0.1) is 0 Å². The summed E-state index contributed by atoms with van der Waals surface area (Å²) in [5.74, 6) is 1.59. The Balaban J connectivity index is 0.754. The summed E-state index contributed by atoms with van der Waals surface area (Å²) in [7, 11) is 0. The van der Waals surface area contributed by atoms with Crippen LogP contribution >= 0.6 is 0 Å². The number of phenolic OH excluding ortho intramolecular Hbond substituents is 1. The minimum Gasteiger partial charge on any atom is -0.508 e. The fourth-order valence-electron chi connectivity index (χ4n) is 9.59. The van der Waals surface area contributed by atoms with Gasteiger partial charge in [0.25, 0.3) is 5.91 Å². The van der Waals surface area contributed by atoms with Gasteiger partial charge in [-0.3, -0.25) is 14.5 Å². The number of nitrogens with one attached hydrogen (secondary N) is 1. The highest BCUT2D eigenvalue weighted by Crippen LogP contribution is 2.47. The van der Waals surface area contributed by atoms with Crippen LogP contribution in [0.2, 0.25) is 0 Å². The van der Waals surface area contributed by atoms with Crippen molar-refractivity contribution in [2.45, 2.75) is 75.2 Å². The lowest BCUT2D eigenvalue weighted by molar-refractivity contribution is -0.126. The Morgan fingerprint density at radius 2 is 1.60 bits per heavy atom. The number of piperazine rings is 1. The molecule has 4 heterocycles. The third-order valence-corrected chi connectivity index (χ3v) is 12.5. The molecule has 9 rings (SSSR count). The molecule has 284 valence electrons. The van der Waals surface area contributed by atoms with E-state index in [1.165, 1.54) is 22.3 Å².